The molecule has 13 nitrogen and oxygen atoms in total. The third-order valence-corrected chi connectivity index (χ3v) is 7.49. The van der Waals surface area contributed by atoms with Crippen LogP contribution in [0.25, 0.3) is 11.5 Å². The number of hydrogen-bond acceptors (Lipinski definition) is 11. The summed E-state index contributed by atoms with van der Waals surface area (Å²) in [4.78, 5) is 41.5. The summed E-state index contributed by atoms with van der Waals surface area (Å²) in [6, 6.07) is 2.65. The van der Waals surface area contributed by atoms with Gasteiger partial charge in [0.05, 0.1) is 30.4 Å². The lowest BCUT2D eigenvalue weighted by atomic mass is 9.94. The van der Waals surface area contributed by atoms with Crippen molar-refractivity contribution in [3.63, 3.8) is 0 Å². The Hall–Kier alpha value is -4.40. The van der Waals surface area contributed by atoms with Gasteiger partial charge in [-0.15, -0.1) is 0 Å². The lowest BCUT2D eigenvalue weighted by Gasteiger charge is -2.24. The molecule has 15 heteroatoms. The molecule has 2 aliphatic rings. The van der Waals surface area contributed by atoms with Gasteiger partial charge in [0.15, 0.2) is 0 Å². The van der Waals surface area contributed by atoms with E-state index in [1.807, 2.05) is 0 Å². The van der Waals surface area contributed by atoms with Crippen molar-refractivity contribution in [2.24, 2.45) is 0 Å². The zero-order valence-electron chi connectivity index (χ0n) is 26.7. The van der Waals surface area contributed by atoms with E-state index in [4.69, 9.17) is 18.7 Å². The second-order valence-corrected chi connectivity index (χ2v) is 12.7. The van der Waals surface area contributed by atoms with Crippen LogP contribution in [0.1, 0.15) is 71.4 Å². The number of carbonyl (C=O) groups is 2. The Morgan fingerprint density at radius 2 is 1.83 bits per heavy atom. The third-order valence-electron chi connectivity index (χ3n) is 7.49. The van der Waals surface area contributed by atoms with Crippen LogP contribution in [0.3, 0.4) is 0 Å². The molecule has 0 radical (unpaired) electrons. The average molecular weight is 644 g/mol. The maximum atomic E-state index is 14.8. The Kier molecular flexibility index (Phi) is 9.70. The number of benzene rings is 1. The van der Waals surface area contributed by atoms with Crippen LogP contribution in [0, 0.1) is 11.6 Å². The molecule has 3 aromatic rings. The second-order valence-electron chi connectivity index (χ2n) is 12.7. The van der Waals surface area contributed by atoms with Crippen molar-refractivity contribution < 1.29 is 37.1 Å². The van der Waals surface area contributed by atoms with Gasteiger partial charge in [0.25, 0.3) is 5.89 Å². The molecule has 1 aromatic carbocycles. The lowest BCUT2D eigenvalue weighted by molar-refractivity contribution is -0.00405. The van der Waals surface area contributed by atoms with Crippen molar-refractivity contribution in [3.05, 3.63) is 53.6 Å². The molecule has 0 saturated carbocycles. The summed E-state index contributed by atoms with van der Waals surface area (Å²) < 4.78 is 51.1. The number of ether oxygens (including phenoxy) is 3. The summed E-state index contributed by atoms with van der Waals surface area (Å²) >= 11 is 0. The highest BCUT2D eigenvalue weighted by Gasteiger charge is 2.38. The van der Waals surface area contributed by atoms with Gasteiger partial charge >= 0.3 is 12.2 Å². The number of anilines is 1. The number of rotatable bonds is 8. The van der Waals surface area contributed by atoms with Crippen LogP contribution in [0.15, 0.2) is 35.1 Å². The van der Waals surface area contributed by atoms with E-state index in [9.17, 15) is 18.4 Å². The molecule has 5 rings (SSSR count). The first kappa shape index (κ1) is 33.0. The van der Waals surface area contributed by atoms with Crippen LogP contribution < -0.4 is 10.2 Å². The molecule has 248 valence electrons. The molecule has 1 unspecified atom stereocenters. The summed E-state index contributed by atoms with van der Waals surface area (Å²) in [5.41, 5.74) is -0.135. The standard InChI is InChI=1S/C31H39F2N7O6/c1-17(2)43-30(42)39-10-9-21(14-39)44-18(3)26-37-27(46-38-26)19-12-34-28(35-13-19)40-15-23(22-11-20(32)7-8-24(22)33)25(16-40)36-29(41)45-31(4,5)6/h7-8,11-13,17-18,21,23,25H,9-10,14-16H2,1-6H3,(H,36,41)/t18-,21?,23-,25+/m1/s1. The van der Waals surface area contributed by atoms with Crippen LogP contribution in [0.5, 0.6) is 0 Å². The fourth-order valence-corrected chi connectivity index (χ4v) is 5.43. The molecule has 0 spiro atoms. The minimum Gasteiger partial charge on any atom is -0.447 e. The quantitative estimate of drug-likeness (QED) is 0.354. The van der Waals surface area contributed by atoms with Gasteiger partial charge in [-0.3, -0.25) is 0 Å². The topological polar surface area (TPSA) is 145 Å². The van der Waals surface area contributed by atoms with E-state index in [1.165, 1.54) is 12.4 Å². The number of alkyl carbamates (subject to hydrolysis) is 1. The number of likely N-dealkylation sites (tertiary alicyclic amines) is 1. The molecule has 1 N–H and O–H groups in total. The van der Waals surface area contributed by atoms with Crippen molar-refractivity contribution in [3.8, 4) is 11.5 Å². The third kappa shape index (κ3) is 8.05. The van der Waals surface area contributed by atoms with E-state index in [2.05, 4.69) is 25.4 Å². The number of nitrogens with zero attached hydrogens (tertiary/aromatic N) is 6. The van der Waals surface area contributed by atoms with Crippen LogP contribution in [-0.4, -0.2) is 87.2 Å². The molecule has 2 fully saturated rings. The summed E-state index contributed by atoms with van der Waals surface area (Å²) in [5, 5.41) is 6.85. The van der Waals surface area contributed by atoms with Gasteiger partial charge < -0.3 is 33.9 Å². The predicted molar refractivity (Wildman–Crippen MR) is 161 cm³/mol. The fraction of sp³-hybridized carbons (Fsp3) is 0.548. The highest BCUT2D eigenvalue weighted by Crippen LogP contribution is 2.33. The maximum Gasteiger partial charge on any atom is 0.410 e. The Labute approximate surface area is 265 Å². The van der Waals surface area contributed by atoms with Crippen molar-refractivity contribution in [1.29, 1.82) is 0 Å². The van der Waals surface area contributed by atoms with Crippen molar-refractivity contribution in [2.75, 3.05) is 31.1 Å². The van der Waals surface area contributed by atoms with Crippen LogP contribution in [0.4, 0.5) is 24.3 Å². The maximum absolute atomic E-state index is 14.8. The van der Waals surface area contributed by atoms with Crippen LogP contribution in [-0.2, 0) is 14.2 Å². The van der Waals surface area contributed by atoms with Gasteiger partial charge in [0.1, 0.15) is 23.3 Å². The summed E-state index contributed by atoms with van der Waals surface area (Å²) in [7, 11) is 0. The number of hydrogen-bond donors (Lipinski definition) is 1. The molecular formula is C31H39F2N7O6. The molecule has 46 heavy (non-hydrogen) atoms. The van der Waals surface area contributed by atoms with Gasteiger partial charge in [-0.1, -0.05) is 5.16 Å². The number of aromatic nitrogens is 4. The zero-order chi connectivity index (χ0) is 33.2. The van der Waals surface area contributed by atoms with Gasteiger partial charge in [0.2, 0.25) is 11.8 Å². The van der Waals surface area contributed by atoms with E-state index in [0.717, 1.165) is 18.2 Å². The summed E-state index contributed by atoms with van der Waals surface area (Å²) in [5.74, 6) is -0.919. The van der Waals surface area contributed by atoms with Crippen LogP contribution >= 0.6 is 0 Å². The molecule has 2 amide bonds. The SMILES string of the molecule is CC(C)OC(=O)N1CCC(O[C@H](C)c2noc(-c3cnc(N4C[C@H](NC(=O)OC(C)(C)C)[C@@H](c5cc(F)ccc5F)C4)nc3)n2)C1. The van der Waals surface area contributed by atoms with Crippen molar-refractivity contribution >= 4 is 18.1 Å². The largest absolute Gasteiger partial charge is 0.447 e. The minimum absolute atomic E-state index is 0.135. The number of halogens is 2. The zero-order valence-corrected chi connectivity index (χ0v) is 26.7. The minimum atomic E-state index is -0.736. The van der Waals surface area contributed by atoms with E-state index in [0.29, 0.717) is 36.8 Å². The van der Waals surface area contributed by atoms with Gasteiger partial charge in [-0.2, -0.15) is 4.98 Å². The fourth-order valence-electron chi connectivity index (χ4n) is 5.43. The van der Waals surface area contributed by atoms with E-state index < -0.39 is 41.4 Å². The molecule has 2 aromatic heterocycles. The highest BCUT2D eigenvalue weighted by molar-refractivity contribution is 5.69. The van der Waals surface area contributed by atoms with Gasteiger partial charge in [-0.05, 0) is 71.7 Å². The molecule has 4 atom stereocenters. The Balaban J connectivity index is 1.24. The van der Waals surface area contributed by atoms with E-state index in [-0.39, 0.29) is 42.8 Å². The molecule has 2 saturated heterocycles. The average Bonchev–Trinajstić information content (AvgIpc) is 3.73. The highest BCUT2D eigenvalue weighted by atomic mass is 19.1. The first-order valence-electron chi connectivity index (χ1n) is 15.2. The first-order valence-corrected chi connectivity index (χ1v) is 15.2. The Morgan fingerprint density at radius 1 is 1.09 bits per heavy atom. The Bertz CT molecular complexity index is 1530. The van der Waals surface area contributed by atoms with E-state index in [1.54, 1.807) is 51.3 Å². The normalized spacial score (nSPS) is 20.7. The summed E-state index contributed by atoms with van der Waals surface area (Å²) in [6.07, 6.45) is 1.79. The number of nitrogens with one attached hydrogen (secondary N) is 1. The number of carbonyl (C=O) groups excluding carboxylic acids is 2. The van der Waals surface area contributed by atoms with Crippen molar-refractivity contribution in [2.45, 2.75) is 83.8 Å². The lowest BCUT2D eigenvalue weighted by Crippen LogP contribution is -2.43. The molecule has 2 aliphatic heterocycles. The molecule has 0 bridgehead atoms. The van der Waals surface area contributed by atoms with Crippen molar-refractivity contribution in [1.82, 2.24) is 30.3 Å². The molecule has 4 heterocycles. The van der Waals surface area contributed by atoms with Gasteiger partial charge in [-0.25, -0.2) is 28.3 Å². The second kappa shape index (κ2) is 13.5. The van der Waals surface area contributed by atoms with Gasteiger partial charge in [0, 0.05) is 37.9 Å². The van der Waals surface area contributed by atoms with Crippen LogP contribution in [0.2, 0.25) is 0 Å². The first-order chi connectivity index (χ1) is 21.8. The predicted octanol–water partition coefficient (Wildman–Crippen LogP) is 5.00. The molecular weight excluding hydrogens is 604 g/mol. The smallest absolute Gasteiger partial charge is 0.410 e. The Morgan fingerprint density at radius 3 is 2.52 bits per heavy atom. The monoisotopic (exact) mass is 643 g/mol. The van der Waals surface area contributed by atoms with E-state index >= 15 is 0 Å². The number of amides is 2. The molecule has 0 aliphatic carbocycles. The summed E-state index contributed by atoms with van der Waals surface area (Å²) in [6.45, 7) is 12.0.